The van der Waals surface area contributed by atoms with Gasteiger partial charge in [0.1, 0.15) is 0 Å². The molecule has 0 radical (unpaired) electrons. The first-order valence-electron chi connectivity index (χ1n) is 19.7. The predicted molar refractivity (Wildman–Crippen MR) is 246 cm³/mol. The van der Waals surface area contributed by atoms with Crippen molar-refractivity contribution in [2.24, 2.45) is 0 Å². The molecule has 4 heteroatoms. The van der Waals surface area contributed by atoms with E-state index in [2.05, 4.69) is 210 Å². The molecule has 12 rings (SSSR count). The van der Waals surface area contributed by atoms with Crippen LogP contribution in [0.4, 0.5) is 17.1 Å². The number of benzene rings is 9. The van der Waals surface area contributed by atoms with E-state index in [1.54, 1.807) is 0 Å². The Morgan fingerprint density at radius 3 is 1.76 bits per heavy atom. The van der Waals surface area contributed by atoms with E-state index >= 15 is 0 Å². The summed E-state index contributed by atoms with van der Waals surface area (Å²) in [6, 6.07) is 74.8. The van der Waals surface area contributed by atoms with Gasteiger partial charge in [0.05, 0.1) is 11.0 Å². The van der Waals surface area contributed by atoms with E-state index in [4.69, 9.17) is 4.42 Å². The summed E-state index contributed by atoms with van der Waals surface area (Å²) < 4.78 is 11.9. The molecule has 58 heavy (non-hydrogen) atoms. The fraction of sp³-hybridized carbons (Fsp3) is 0. The second kappa shape index (κ2) is 13.2. The zero-order valence-corrected chi connectivity index (χ0v) is 33.1. The SMILES string of the molecule is c1ccc(-n2c3ccccc3c3cc(-c4ccc(N(c5ccc(-c6ccc7c(c6)[se]c6ccccc67)cc5)c5cccc6c5oc5ccccc56)cc4)ccc32)cc1. The van der Waals surface area contributed by atoms with Crippen LogP contribution in [-0.2, 0) is 0 Å². The van der Waals surface area contributed by atoms with E-state index in [1.165, 1.54) is 63.4 Å². The van der Waals surface area contributed by atoms with Crippen LogP contribution in [-0.4, -0.2) is 19.1 Å². The average molecular weight is 806 g/mol. The molecular formula is C54H34N2OSe. The van der Waals surface area contributed by atoms with Gasteiger partial charge in [-0.2, -0.15) is 0 Å². The molecule has 0 bridgehead atoms. The van der Waals surface area contributed by atoms with Crippen molar-refractivity contribution in [3.63, 3.8) is 0 Å². The molecule has 0 saturated carbocycles. The van der Waals surface area contributed by atoms with E-state index in [1.807, 2.05) is 6.07 Å². The smallest absolute Gasteiger partial charge is 0.0541 e. The number of aromatic nitrogens is 1. The van der Waals surface area contributed by atoms with Crippen LogP contribution in [0.2, 0.25) is 0 Å². The summed E-state index contributed by atoms with van der Waals surface area (Å²) in [5, 5.41) is 7.48. The van der Waals surface area contributed by atoms with E-state index < -0.39 is 0 Å². The minimum atomic E-state index is 0.322. The van der Waals surface area contributed by atoms with Crippen molar-refractivity contribution >= 4 is 94.6 Å². The summed E-state index contributed by atoms with van der Waals surface area (Å²) in [6.45, 7) is 0. The van der Waals surface area contributed by atoms with E-state index in [0.29, 0.717) is 14.5 Å². The molecule has 3 heterocycles. The zero-order chi connectivity index (χ0) is 38.2. The number of furan rings is 1. The fourth-order valence-electron chi connectivity index (χ4n) is 8.85. The third-order valence-electron chi connectivity index (χ3n) is 11.6. The van der Waals surface area contributed by atoms with Gasteiger partial charge in [0.2, 0.25) is 0 Å². The maximum absolute atomic E-state index is 6.63. The summed E-state index contributed by atoms with van der Waals surface area (Å²) in [7, 11) is 0. The third kappa shape index (κ3) is 5.27. The molecule has 0 fully saturated rings. The second-order valence-electron chi connectivity index (χ2n) is 14.9. The van der Waals surface area contributed by atoms with Crippen LogP contribution in [0.3, 0.4) is 0 Å². The third-order valence-corrected chi connectivity index (χ3v) is 14.0. The predicted octanol–water partition coefficient (Wildman–Crippen LogP) is 14.9. The summed E-state index contributed by atoms with van der Waals surface area (Å²) in [6.07, 6.45) is 0. The largest absolute Gasteiger partial charge is 0.0602 e. The van der Waals surface area contributed by atoms with Crippen molar-refractivity contribution in [1.29, 1.82) is 0 Å². The van der Waals surface area contributed by atoms with Crippen LogP contribution in [0.25, 0.3) is 91.0 Å². The number of rotatable bonds is 6. The summed E-state index contributed by atoms with van der Waals surface area (Å²) in [4.78, 5) is 2.33. The van der Waals surface area contributed by atoms with Gasteiger partial charge in [-0.1, -0.05) is 60.7 Å². The maximum Gasteiger partial charge on any atom is 0.0541 e. The minimum absolute atomic E-state index is 0.322. The van der Waals surface area contributed by atoms with Crippen molar-refractivity contribution in [2.45, 2.75) is 0 Å². The monoisotopic (exact) mass is 806 g/mol. The van der Waals surface area contributed by atoms with Gasteiger partial charge in [-0.15, -0.1) is 0 Å². The van der Waals surface area contributed by atoms with Gasteiger partial charge in [-0.05, 0) is 42.0 Å². The first-order valence-corrected chi connectivity index (χ1v) is 21.4. The molecule has 0 aliphatic rings. The number of nitrogens with zero attached hydrogens (tertiary/aromatic N) is 2. The Hall–Kier alpha value is -7.10. The Morgan fingerprint density at radius 1 is 0.379 bits per heavy atom. The molecule has 0 saturated heterocycles. The van der Waals surface area contributed by atoms with Crippen molar-refractivity contribution in [3.05, 3.63) is 206 Å². The average Bonchev–Trinajstić information content (AvgIpc) is 3.97. The Balaban J connectivity index is 0.962. The Bertz CT molecular complexity index is 3500. The summed E-state index contributed by atoms with van der Waals surface area (Å²) in [5.74, 6) is 0. The number of hydrogen-bond acceptors (Lipinski definition) is 2. The van der Waals surface area contributed by atoms with Gasteiger partial charge in [0, 0.05) is 16.5 Å². The first kappa shape index (κ1) is 33.1. The Kier molecular flexibility index (Phi) is 7.56. The molecule has 12 aromatic rings. The number of para-hydroxylation sites is 4. The molecule has 0 unspecified atom stereocenters. The van der Waals surface area contributed by atoms with Crippen LogP contribution < -0.4 is 4.90 Å². The van der Waals surface area contributed by atoms with Crippen LogP contribution >= 0.6 is 0 Å². The molecule has 3 nitrogen and oxygen atoms in total. The quantitative estimate of drug-likeness (QED) is 0.156. The molecule has 0 aliphatic heterocycles. The first-order chi connectivity index (χ1) is 28.7. The van der Waals surface area contributed by atoms with Crippen LogP contribution in [0.5, 0.6) is 0 Å². The molecule has 0 spiro atoms. The van der Waals surface area contributed by atoms with Gasteiger partial charge in [-0.25, -0.2) is 0 Å². The van der Waals surface area contributed by atoms with Gasteiger partial charge in [-0.3, -0.25) is 0 Å². The summed E-state index contributed by atoms with van der Waals surface area (Å²) >= 11 is 0.322. The van der Waals surface area contributed by atoms with E-state index in [-0.39, 0.29) is 0 Å². The Labute approximate surface area is 341 Å². The molecule has 0 N–H and O–H groups in total. The minimum Gasteiger partial charge on any atom is -0.0602 e. The normalized spacial score (nSPS) is 11.8. The molecule has 0 aliphatic carbocycles. The molecular weight excluding hydrogens is 772 g/mol. The Morgan fingerprint density at radius 2 is 0.966 bits per heavy atom. The number of hydrogen-bond donors (Lipinski definition) is 0. The second-order valence-corrected chi connectivity index (χ2v) is 17.2. The molecule has 9 aromatic carbocycles. The van der Waals surface area contributed by atoms with Crippen molar-refractivity contribution < 1.29 is 4.42 Å². The van der Waals surface area contributed by atoms with Gasteiger partial charge in [0.15, 0.2) is 0 Å². The standard InChI is InChI=1S/C54H34N2OSe/c1-2-11-39(12-3-1)56-48-17-7-4-13-42(48)47-33-37(26-32-49(47)56)35-21-27-40(28-22-35)55(50-18-10-16-46-43-14-5-8-19-51(43)57-54(46)50)41-29-23-36(24-30-41)38-25-31-45-44-15-6-9-20-52(44)58-53(45)34-38/h1-34H. The van der Waals surface area contributed by atoms with Crippen LogP contribution in [0, 0.1) is 0 Å². The molecule has 272 valence electrons. The van der Waals surface area contributed by atoms with Gasteiger partial charge < -0.3 is 4.57 Å². The number of anilines is 3. The molecule has 3 aromatic heterocycles. The molecule has 0 amide bonds. The van der Waals surface area contributed by atoms with E-state index in [0.717, 1.165) is 44.7 Å². The topological polar surface area (TPSA) is 21.3 Å². The van der Waals surface area contributed by atoms with Crippen LogP contribution in [0.1, 0.15) is 0 Å². The van der Waals surface area contributed by atoms with Crippen molar-refractivity contribution in [2.75, 3.05) is 4.90 Å². The molecule has 0 atom stereocenters. The maximum atomic E-state index is 6.63. The van der Waals surface area contributed by atoms with Gasteiger partial charge in [0.25, 0.3) is 0 Å². The van der Waals surface area contributed by atoms with Crippen LogP contribution in [0.15, 0.2) is 211 Å². The zero-order valence-electron chi connectivity index (χ0n) is 31.3. The van der Waals surface area contributed by atoms with E-state index in [9.17, 15) is 0 Å². The van der Waals surface area contributed by atoms with Crippen molar-refractivity contribution in [1.82, 2.24) is 4.57 Å². The summed E-state index contributed by atoms with van der Waals surface area (Å²) in [5.41, 5.74) is 13.3. The van der Waals surface area contributed by atoms with Crippen molar-refractivity contribution in [3.8, 4) is 27.9 Å². The fourth-order valence-corrected chi connectivity index (χ4v) is 11.3. The number of fused-ring (bicyclic) bond motifs is 9. The van der Waals surface area contributed by atoms with Gasteiger partial charge >= 0.3 is 208 Å².